The van der Waals surface area contributed by atoms with Gasteiger partial charge in [0.1, 0.15) is 5.82 Å². The Morgan fingerprint density at radius 1 is 0.946 bits per heavy atom. The molecule has 3 aromatic rings. The molecule has 2 aromatic carbocycles. The zero-order valence-electron chi connectivity index (χ0n) is 21.6. The van der Waals surface area contributed by atoms with E-state index in [2.05, 4.69) is 106 Å². The molecule has 3 N–H and O–H groups in total. The summed E-state index contributed by atoms with van der Waals surface area (Å²) in [6.07, 6.45) is 8.73. The van der Waals surface area contributed by atoms with Gasteiger partial charge in [-0.15, -0.1) is 0 Å². The highest BCUT2D eigenvalue weighted by Gasteiger charge is 2.25. The van der Waals surface area contributed by atoms with Crippen LogP contribution in [0.15, 0.2) is 48.5 Å². The summed E-state index contributed by atoms with van der Waals surface area (Å²) in [5.74, 6) is 1.81. The van der Waals surface area contributed by atoms with E-state index in [0.29, 0.717) is 17.2 Å². The van der Waals surface area contributed by atoms with Crippen molar-refractivity contribution < 1.29 is 0 Å². The Kier molecular flexibility index (Phi) is 8.44. The van der Waals surface area contributed by atoms with Crippen molar-refractivity contribution in [2.75, 3.05) is 22.6 Å². The molecular weight excluding hydrogens is 591 g/mol. The number of aromatic nitrogens is 2. The number of benzene rings is 2. The van der Waals surface area contributed by atoms with Crippen molar-refractivity contribution in [1.29, 1.82) is 0 Å². The van der Waals surface area contributed by atoms with Crippen LogP contribution >= 0.6 is 34.8 Å². The van der Waals surface area contributed by atoms with E-state index in [1.165, 1.54) is 38.9 Å². The molecule has 1 saturated carbocycles. The predicted molar refractivity (Wildman–Crippen MR) is 166 cm³/mol. The molecule has 5 rings (SSSR count). The second-order valence-corrected chi connectivity index (χ2v) is 11.8. The van der Waals surface area contributed by atoms with Crippen molar-refractivity contribution in [2.24, 2.45) is 0 Å². The van der Waals surface area contributed by atoms with Crippen LogP contribution in [0.25, 0.3) is 0 Å². The number of para-hydroxylation sites is 1. The van der Waals surface area contributed by atoms with E-state index in [4.69, 9.17) is 22.2 Å². The number of thiocarbonyl (C=S) groups is 1. The number of anilines is 4. The van der Waals surface area contributed by atoms with Crippen LogP contribution in [0, 0.1) is 10.5 Å². The summed E-state index contributed by atoms with van der Waals surface area (Å²) in [6, 6.07) is 17.5. The lowest BCUT2D eigenvalue weighted by molar-refractivity contribution is 0.387. The van der Waals surface area contributed by atoms with Crippen molar-refractivity contribution >= 4 is 63.1 Å². The molecule has 37 heavy (non-hydrogen) atoms. The maximum atomic E-state index is 5.56. The summed E-state index contributed by atoms with van der Waals surface area (Å²) < 4.78 is 1.21. The van der Waals surface area contributed by atoms with Crippen LogP contribution in [0.5, 0.6) is 0 Å². The summed E-state index contributed by atoms with van der Waals surface area (Å²) in [4.78, 5) is 12.3. The fourth-order valence-electron chi connectivity index (χ4n) is 5.42. The summed E-state index contributed by atoms with van der Waals surface area (Å²) >= 11 is 7.87. The molecule has 0 aliphatic heterocycles. The maximum absolute atomic E-state index is 5.56. The van der Waals surface area contributed by atoms with Gasteiger partial charge in [-0.2, -0.15) is 4.98 Å². The number of hydrogen-bond acceptors (Lipinski definition) is 5. The van der Waals surface area contributed by atoms with Gasteiger partial charge in [-0.1, -0.05) is 18.2 Å². The van der Waals surface area contributed by atoms with Crippen molar-refractivity contribution in [3.8, 4) is 0 Å². The second-order valence-electron chi connectivity index (χ2n) is 10.1. The highest BCUT2D eigenvalue weighted by atomic mass is 127. The van der Waals surface area contributed by atoms with Gasteiger partial charge in [0, 0.05) is 39.6 Å². The SMILES string of the molecule is Cc1ccccc1N(C)c1nc(N[C@H]2CC[C@@H](NC(=S)Nc3ccc(I)cc3)CC2)nc2c1CCCC2. The maximum Gasteiger partial charge on any atom is 0.225 e. The third kappa shape index (κ3) is 6.52. The van der Waals surface area contributed by atoms with Crippen LogP contribution in [0.3, 0.4) is 0 Å². The fraction of sp³-hybridized carbons (Fsp3) is 0.414. The largest absolute Gasteiger partial charge is 0.360 e. The first-order chi connectivity index (χ1) is 18.0. The highest BCUT2D eigenvalue weighted by molar-refractivity contribution is 14.1. The average molecular weight is 627 g/mol. The van der Waals surface area contributed by atoms with Gasteiger partial charge in [-0.25, -0.2) is 4.98 Å². The molecular formula is C29H35IN6S. The summed E-state index contributed by atoms with van der Waals surface area (Å²) in [7, 11) is 2.13. The van der Waals surface area contributed by atoms with Crippen LogP contribution in [0.1, 0.15) is 55.3 Å². The molecule has 0 unspecified atom stereocenters. The molecule has 8 heteroatoms. The van der Waals surface area contributed by atoms with Crippen LogP contribution in [-0.2, 0) is 12.8 Å². The summed E-state index contributed by atoms with van der Waals surface area (Å²) in [5, 5.41) is 11.2. The molecule has 2 aliphatic rings. The zero-order chi connectivity index (χ0) is 25.8. The van der Waals surface area contributed by atoms with E-state index < -0.39 is 0 Å². The fourth-order valence-corrected chi connectivity index (χ4v) is 6.06. The number of fused-ring (bicyclic) bond motifs is 1. The molecule has 0 radical (unpaired) electrons. The Morgan fingerprint density at radius 2 is 1.65 bits per heavy atom. The molecule has 0 atom stereocenters. The summed E-state index contributed by atoms with van der Waals surface area (Å²) in [5.41, 5.74) is 5.99. The van der Waals surface area contributed by atoms with E-state index >= 15 is 0 Å². The number of hydrogen-bond donors (Lipinski definition) is 3. The molecule has 194 valence electrons. The molecule has 0 spiro atoms. The van der Waals surface area contributed by atoms with E-state index in [1.807, 2.05) is 0 Å². The molecule has 0 saturated heterocycles. The van der Waals surface area contributed by atoms with Gasteiger partial charge in [-0.05, 0) is 129 Å². The Balaban J connectivity index is 1.22. The van der Waals surface area contributed by atoms with Crippen molar-refractivity contribution in [2.45, 2.75) is 70.4 Å². The number of nitrogens with one attached hydrogen (secondary N) is 3. The van der Waals surface area contributed by atoms with Gasteiger partial charge in [0.15, 0.2) is 5.11 Å². The molecule has 0 amide bonds. The van der Waals surface area contributed by atoms with Crippen molar-refractivity contribution in [1.82, 2.24) is 15.3 Å². The minimum Gasteiger partial charge on any atom is -0.360 e. The monoisotopic (exact) mass is 626 g/mol. The third-order valence-electron chi connectivity index (χ3n) is 7.45. The van der Waals surface area contributed by atoms with Crippen LogP contribution < -0.4 is 20.9 Å². The summed E-state index contributed by atoms with van der Waals surface area (Å²) in [6.45, 7) is 2.16. The third-order valence-corrected chi connectivity index (χ3v) is 8.39. The van der Waals surface area contributed by atoms with Crippen LogP contribution in [0.4, 0.5) is 23.1 Å². The van der Waals surface area contributed by atoms with Gasteiger partial charge in [0.2, 0.25) is 5.95 Å². The predicted octanol–water partition coefficient (Wildman–Crippen LogP) is 6.75. The molecule has 2 aliphatic carbocycles. The lowest BCUT2D eigenvalue weighted by Crippen LogP contribution is -2.42. The second kappa shape index (κ2) is 11.9. The average Bonchev–Trinajstić information content (AvgIpc) is 2.90. The van der Waals surface area contributed by atoms with Gasteiger partial charge in [0.25, 0.3) is 0 Å². The first kappa shape index (κ1) is 26.2. The minimum absolute atomic E-state index is 0.369. The van der Waals surface area contributed by atoms with E-state index in [0.717, 1.165) is 56.0 Å². The number of aryl methyl sites for hydroxylation is 2. The molecule has 0 bridgehead atoms. The number of nitrogens with zero attached hydrogens (tertiary/aromatic N) is 3. The Hall–Kier alpha value is -2.46. The highest BCUT2D eigenvalue weighted by Crippen LogP contribution is 2.34. The molecule has 1 heterocycles. The Labute approximate surface area is 239 Å². The molecule has 1 aromatic heterocycles. The van der Waals surface area contributed by atoms with Crippen molar-refractivity contribution in [3.05, 3.63) is 68.9 Å². The smallest absolute Gasteiger partial charge is 0.225 e. The lowest BCUT2D eigenvalue weighted by atomic mass is 9.91. The Bertz CT molecular complexity index is 1240. The topological polar surface area (TPSA) is 65.1 Å². The van der Waals surface area contributed by atoms with Crippen molar-refractivity contribution in [3.63, 3.8) is 0 Å². The van der Waals surface area contributed by atoms with E-state index in [1.54, 1.807) is 0 Å². The normalized spacial score (nSPS) is 19.0. The lowest BCUT2D eigenvalue weighted by Gasteiger charge is -2.31. The first-order valence-electron chi connectivity index (χ1n) is 13.2. The first-order valence-corrected chi connectivity index (χ1v) is 14.7. The zero-order valence-corrected chi connectivity index (χ0v) is 24.5. The van der Waals surface area contributed by atoms with Gasteiger partial charge >= 0.3 is 0 Å². The van der Waals surface area contributed by atoms with Crippen LogP contribution in [-0.4, -0.2) is 34.2 Å². The molecule has 6 nitrogen and oxygen atoms in total. The van der Waals surface area contributed by atoms with Gasteiger partial charge in [0.05, 0.1) is 5.69 Å². The van der Waals surface area contributed by atoms with Crippen LogP contribution in [0.2, 0.25) is 0 Å². The number of rotatable bonds is 6. The Morgan fingerprint density at radius 3 is 2.41 bits per heavy atom. The standard InChI is InChI=1S/C29H35IN6S/c1-19-7-3-6-10-26(19)36(2)27-24-8-4-5-9-25(24)34-28(35-27)31-21-15-17-23(18-16-21)33-29(37)32-22-13-11-20(30)12-14-22/h3,6-7,10-14,21,23H,4-5,8-9,15-18H2,1-2H3,(H,31,34,35)(H2,32,33,37)/t21-,23+. The van der Waals surface area contributed by atoms with E-state index in [9.17, 15) is 0 Å². The quantitative estimate of drug-likeness (QED) is 0.207. The van der Waals surface area contributed by atoms with Gasteiger partial charge < -0.3 is 20.9 Å². The van der Waals surface area contributed by atoms with E-state index in [-0.39, 0.29) is 0 Å². The van der Waals surface area contributed by atoms with Gasteiger partial charge in [-0.3, -0.25) is 0 Å². The number of halogens is 1. The molecule has 1 fully saturated rings. The minimum atomic E-state index is 0.369.